The summed E-state index contributed by atoms with van der Waals surface area (Å²) >= 11 is 0. The quantitative estimate of drug-likeness (QED) is 0.539. The molecule has 2 aromatic rings. The number of hydrogen-bond acceptors (Lipinski definition) is 5. The van der Waals surface area contributed by atoms with E-state index in [1.165, 1.54) is 4.90 Å². The zero-order chi connectivity index (χ0) is 24.5. The van der Waals surface area contributed by atoms with Gasteiger partial charge in [0.1, 0.15) is 11.5 Å². The van der Waals surface area contributed by atoms with E-state index in [0.29, 0.717) is 49.6 Å². The van der Waals surface area contributed by atoms with Crippen molar-refractivity contribution >= 4 is 18.0 Å². The number of unbranched alkanes of at least 4 members (excludes halogenated alkanes) is 2. The van der Waals surface area contributed by atoms with Crippen molar-refractivity contribution in [3.63, 3.8) is 0 Å². The molecule has 2 heterocycles. The highest BCUT2D eigenvalue weighted by Crippen LogP contribution is 2.33. The minimum atomic E-state index is -1.08. The van der Waals surface area contributed by atoms with E-state index in [4.69, 9.17) is 9.15 Å². The van der Waals surface area contributed by atoms with E-state index in [-0.39, 0.29) is 0 Å². The van der Waals surface area contributed by atoms with Gasteiger partial charge in [-0.05, 0) is 61.4 Å². The fourth-order valence-corrected chi connectivity index (χ4v) is 3.87. The summed E-state index contributed by atoms with van der Waals surface area (Å²) in [5.41, 5.74) is 2.31. The van der Waals surface area contributed by atoms with Gasteiger partial charge in [-0.3, -0.25) is 4.79 Å². The topological polar surface area (TPSA) is 92.9 Å². The SMILES string of the molecule is CCCC#CC(=O)N1CCc2ccc(OCCc3nc(C=CCCC)oc3C)cc2C1C(=O)O. The molecule has 0 fully saturated rings. The first kappa shape index (κ1) is 25.1. The van der Waals surface area contributed by atoms with Crippen molar-refractivity contribution in [1.29, 1.82) is 0 Å². The molecule has 1 aromatic heterocycles. The molecule has 1 aromatic carbocycles. The number of fused-ring (bicyclic) bond motifs is 1. The van der Waals surface area contributed by atoms with Gasteiger partial charge in [-0.25, -0.2) is 9.78 Å². The van der Waals surface area contributed by atoms with Gasteiger partial charge < -0.3 is 19.2 Å². The number of carboxylic acid groups (broad SMARTS) is 1. The second kappa shape index (κ2) is 12.1. The fourth-order valence-electron chi connectivity index (χ4n) is 3.87. The molecule has 1 aliphatic rings. The van der Waals surface area contributed by atoms with Gasteiger partial charge in [0.2, 0.25) is 5.89 Å². The highest BCUT2D eigenvalue weighted by atomic mass is 16.5. The van der Waals surface area contributed by atoms with Gasteiger partial charge in [-0.2, -0.15) is 0 Å². The summed E-state index contributed by atoms with van der Waals surface area (Å²) in [6.45, 7) is 6.66. The van der Waals surface area contributed by atoms with Crippen LogP contribution in [0, 0.1) is 18.8 Å². The van der Waals surface area contributed by atoms with Crippen LogP contribution in [0.2, 0.25) is 0 Å². The standard InChI is InChI=1S/C27H32N2O5/c1-4-6-8-10-24-28-23(19(3)34-24)15-17-33-21-13-12-20-14-16-29(25(30)11-9-7-5-2)26(27(31)32)22(20)18-21/h8,10,12-13,18,26H,4-7,14-17H2,1-3H3,(H,31,32). The van der Waals surface area contributed by atoms with E-state index in [9.17, 15) is 14.7 Å². The highest BCUT2D eigenvalue weighted by Gasteiger charge is 2.35. The molecule has 0 bridgehead atoms. The first-order valence-electron chi connectivity index (χ1n) is 11.8. The van der Waals surface area contributed by atoms with Crippen LogP contribution in [0.5, 0.6) is 5.75 Å². The number of carbonyl (C=O) groups excluding carboxylic acids is 1. The van der Waals surface area contributed by atoms with Gasteiger partial charge in [-0.1, -0.05) is 38.3 Å². The summed E-state index contributed by atoms with van der Waals surface area (Å²) in [5.74, 6) is 5.77. The Bertz CT molecular complexity index is 1110. The minimum Gasteiger partial charge on any atom is -0.493 e. The van der Waals surface area contributed by atoms with Gasteiger partial charge >= 0.3 is 5.97 Å². The average Bonchev–Trinajstić information content (AvgIpc) is 3.17. The van der Waals surface area contributed by atoms with E-state index in [1.807, 2.05) is 38.1 Å². The van der Waals surface area contributed by atoms with Crippen LogP contribution >= 0.6 is 0 Å². The summed E-state index contributed by atoms with van der Waals surface area (Å²) in [4.78, 5) is 30.5. The van der Waals surface area contributed by atoms with Crippen LogP contribution in [0.3, 0.4) is 0 Å². The number of nitrogens with zero attached hydrogens (tertiary/aromatic N) is 2. The molecule has 7 nitrogen and oxygen atoms in total. The van der Waals surface area contributed by atoms with Crippen molar-refractivity contribution < 1.29 is 23.8 Å². The van der Waals surface area contributed by atoms with Crippen molar-refractivity contribution in [2.24, 2.45) is 0 Å². The summed E-state index contributed by atoms with van der Waals surface area (Å²) in [7, 11) is 0. The third kappa shape index (κ3) is 6.28. The molecule has 1 aliphatic heterocycles. The van der Waals surface area contributed by atoms with Gasteiger partial charge in [0.05, 0.1) is 12.3 Å². The Balaban J connectivity index is 1.70. The maximum atomic E-state index is 12.6. The Kier molecular flexibility index (Phi) is 8.92. The molecule has 1 atom stereocenters. The number of oxazole rings is 1. The lowest BCUT2D eigenvalue weighted by Gasteiger charge is -2.33. The number of hydrogen-bond donors (Lipinski definition) is 1. The molecule has 0 aliphatic carbocycles. The van der Waals surface area contributed by atoms with Crippen LogP contribution in [-0.2, 0) is 22.4 Å². The van der Waals surface area contributed by atoms with Crippen LogP contribution in [0.15, 0.2) is 28.7 Å². The fraction of sp³-hybridized carbons (Fsp3) is 0.444. The van der Waals surface area contributed by atoms with Gasteiger partial charge in [-0.15, -0.1) is 0 Å². The predicted molar refractivity (Wildman–Crippen MR) is 129 cm³/mol. The van der Waals surface area contributed by atoms with Crippen LogP contribution in [0.25, 0.3) is 6.08 Å². The number of allylic oxidation sites excluding steroid dienone is 1. The van der Waals surface area contributed by atoms with Crippen molar-refractivity contribution in [2.75, 3.05) is 13.2 Å². The first-order chi connectivity index (χ1) is 16.4. The monoisotopic (exact) mass is 464 g/mol. The molecule has 0 saturated heterocycles. The number of aromatic nitrogens is 1. The maximum absolute atomic E-state index is 12.6. The lowest BCUT2D eigenvalue weighted by molar-refractivity contribution is -0.149. The van der Waals surface area contributed by atoms with Crippen LogP contribution < -0.4 is 4.74 Å². The molecule has 34 heavy (non-hydrogen) atoms. The molecule has 7 heteroatoms. The first-order valence-corrected chi connectivity index (χ1v) is 11.8. The number of rotatable bonds is 9. The summed E-state index contributed by atoms with van der Waals surface area (Å²) in [6.07, 6.45) is 8.56. The van der Waals surface area contributed by atoms with Gasteiger partial charge in [0, 0.05) is 19.4 Å². The normalized spacial score (nSPS) is 15.0. The lowest BCUT2D eigenvalue weighted by atomic mass is 9.92. The van der Waals surface area contributed by atoms with E-state index in [0.717, 1.165) is 36.3 Å². The van der Waals surface area contributed by atoms with Crippen molar-refractivity contribution in [3.8, 4) is 17.6 Å². The summed E-state index contributed by atoms with van der Waals surface area (Å²) < 4.78 is 11.6. The third-order valence-electron chi connectivity index (χ3n) is 5.64. The Morgan fingerprint density at radius 2 is 2.15 bits per heavy atom. The molecule has 0 spiro atoms. The van der Waals surface area contributed by atoms with Crippen molar-refractivity contribution in [1.82, 2.24) is 9.88 Å². The number of amides is 1. The second-order valence-corrected chi connectivity index (χ2v) is 8.25. The van der Waals surface area contributed by atoms with E-state index in [1.54, 1.807) is 6.07 Å². The number of aryl methyl sites for hydroxylation is 1. The molecular weight excluding hydrogens is 432 g/mol. The van der Waals surface area contributed by atoms with Crippen LogP contribution in [-0.4, -0.2) is 40.0 Å². The van der Waals surface area contributed by atoms with Crippen molar-refractivity contribution in [3.05, 3.63) is 52.7 Å². The van der Waals surface area contributed by atoms with Gasteiger partial charge in [0.15, 0.2) is 6.04 Å². The van der Waals surface area contributed by atoms with Gasteiger partial charge in [0.25, 0.3) is 5.91 Å². The lowest BCUT2D eigenvalue weighted by Crippen LogP contribution is -2.43. The summed E-state index contributed by atoms with van der Waals surface area (Å²) in [6, 6.07) is 4.36. The highest BCUT2D eigenvalue weighted by molar-refractivity contribution is 5.96. The largest absolute Gasteiger partial charge is 0.493 e. The Morgan fingerprint density at radius 1 is 1.32 bits per heavy atom. The molecular formula is C27H32N2O5. The van der Waals surface area contributed by atoms with E-state index >= 15 is 0 Å². The number of carbonyl (C=O) groups is 2. The molecule has 1 amide bonds. The van der Waals surface area contributed by atoms with Crippen LogP contribution in [0.4, 0.5) is 0 Å². The Hall–Kier alpha value is -3.53. The Labute approximate surface area is 200 Å². The Morgan fingerprint density at radius 3 is 2.88 bits per heavy atom. The number of ether oxygens (including phenoxy) is 1. The second-order valence-electron chi connectivity index (χ2n) is 8.25. The molecule has 0 radical (unpaired) electrons. The molecule has 1 N–H and O–H groups in total. The van der Waals surface area contributed by atoms with Crippen molar-refractivity contribution in [2.45, 2.75) is 65.3 Å². The molecule has 180 valence electrons. The molecule has 0 saturated carbocycles. The van der Waals surface area contributed by atoms with E-state index < -0.39 is 17.9 Å². The van der Waals surface area contributed by atoms with E-state index in [2.05, 4.69) is 23.7 Å². The number of aliphatic carboxylic acids is 1. The van der Waals surface area contributed by atoms with Crippen LogP contribution in [0.1, 0.15) is 74.0 Å². The number of carboxylic acids is 1. The molecule has 1 unspecified atom stereocenters. The molecule has 3 rings (SSSR count). The smallest absolute Gasteiger partial charge is 0.331 e. The minimum absolute atomic E-state index is 0.324. The number of benzene rings is 1. The predicted octanol–water partition coefficient (Wildman–Crippen LogP) is 4.73. The third-order valence-corrected chi connectivity index (χ3v) is 5.64. The average molecular weight is 465 g/mol. The summed E-state index contributed by atoms with van der Waals surface area (Å²) in [5, 5.41) is 9.89. The zero-order valence-electron chi connectivity index (χ0n) is 20.1. The maximum Gasteiger partial charge on any atom is 0.331 e. The zero-order valence-corrected chi connectivity index (χ0v) is 20.1.